The van der Waals surface area contributed by atoms with E-state index in [4.69, 9.17) is 0 Å². The van der Waals surface area contributed by atoms with Gasteiger partial charge in [0, 0.05) is 34.1 Å². The first kappa shape index (κ1) is 25.9. The van der Waals surface area contributed by atoms with Gasteiger partial charge in [0.25, 0.3) is 0 Å². The van der Waals surface area contributed by atoms with E-state index in [1.165, 1.54) is 5.56 Å². The first-order chi connectivity index (χ1) is 20.2. The normalized spacial score (nSPS) is 11.0. The Bertz CT molecular complexity index is 1670. The van der Waals surface area contributed by atoms with Gasteiger partial charge in [-0.15, -0.1) is 0 Å². The van der Waals surface area contributed by atoms with E-state index in [1.807, 2.05) is 0 Å². The lowest BCUT2D eigenvalue weighted by Gasteiger charge is -2.25. The zero-order chi connectivity index (χ0) is 27.9. The van der Waals surface area contributed by atoms with Crippen molar-refractivity contribution >= 4 is 46.3 Å². The minimum atomic E-state index is 1.13. The molecule has 198 valence electrons. The van der Waals surface area contributed by atoms with Crippen LogP contribution in [0.4, 0.5) is 34.1 Å². The first-order valence-electron chi connectivity index (χ1n) is 13.9. The molecule has 2 heteroatoms. The predicted octanol–water partition coefficient (Wildman–Crippen LogP) is 11.1. The molecule has 0 N–H and O–H groups in total. The van der Waals surface area contributed by atoms with Gasteiger partial charge in [-0.05, 0) is 96.4 Å². The fourth-order valence-electron chi connectivity index (χ4n) is 5.05. The molecule has 0 fully saturated rings. The summed E-state index contributed by atoms with van der Waals surface area (Å²) in [5.41, 5.74) is 10.4. The number of anilines is 6. The Morgan fingerprint density at radius 2 is 0.683 bits per heavy atom. The van der Waals surface area contributed by atoms with Gasteiger partial charge in [0.2, 0.25) is 0 Å². The Balaban J connectivity index is 1.23. The molecule has 0 bridgehead atoms. The predicted molar refractivity (Wildman–Crippen MR) is 176 cm³/mol. The summed E-state index contributed by atoms with van der Waals surface area (Å²) in [6, 6.07) is 57.6. The number of hydrogen-bond donors (Lipinski definition) is 0. The SMILES string of the molecule is Cc1cccc(N(c2ccccc2)c2ccc(/C=C/c3ccc(N(c4ccccc4)c4ccccc4)cc3)cc2)c1. The number of para-hydroxylation sites is 3. The lowest BCUT2D eigenvalue weighted by molar-refractivity contribution is 1.27. The molecule has 0 saturated heterocycles. The second kappa shape index (κ2) is 12.2. The van der Waals surface area contributed by atoms with Crippen molar-refractivity contribution in [3.05, 3.63) is 180 Å². The summed E-state index contributed by atoms with van der Waals surface area (Å²) < 4.78 is 0. The molecule has 0 aliphatic carbocycles. The first-order valence-corrected chi connectivity index (χ1v) is 13.9. The summed E-state index contributed by atoms with van der Waals surface area (Å²) >= 11 is 0. The van der Waals surface area contributed by atoms with Gasteiger partial charge in [0.1, 0.15) is 0 Å². The maximum absolute atomic E-state index is 2.30. The Hall–Kier alpha value is -5.34. The smallest absolute Gasteiger partial charge is 0.0464 e. The minimum absolute atomic E-state index is 1.13. The van der Waals surface area contributed by atoms with Crippen molar-refractivity contribution in [3.8, 4) is 0 Å². The monoisotopic (exact) mass is 528 g/mol. The molecular weight excluding hydrogens is 496 g/mol. The van der Waals surface area contributed by atoms with Crippen molar-refractivity contribution in [3.63, 3.8) is 0 Å². The van der Waals surface area contributed by atoms with Gasteiger partial charge >= 0.3 is 0 Å². The molecule has 0 aliphatic heterocycles. The number of hydrogen-bond acceptors (Lipinski definition) is 2. The average Bonchev–Trinajstić information content (AvgIpc) is 3.03. The molecule has 0 aromatic heterocycles. The molecule has 0 aliphatic rings. The summed E-state index contributed by atoms with van der Waals surface area (Å²) in [5.74, 6) is 0. The summed E-state index contributed by atoms with van der Waals surface area (Å²) in [5, 5.41) is 0. The zero-order valence-electron chi connectivity index (χ0n) is 23.1. The van der Waals surface area contributed by atoms with Crippen molar-refractivity contribution in [1.29, 1.82) is 0 Å². The maximum Gasteiger partial charge on any atom is 0.0464 e. The Kier molecular flexibility index (Phi) is 7.73. The lowest BCUT2D eigenvalue weighted by Crippen LogP contribution is -2.09. The molecule has 0 heterocycles. The van der Waals surface area contributed by atoms with Crippen LogP contribution in [0.15, 0.2) is 164 Å². The standard InChI is InChI=1S/C39H32N2/c1-31-12-11-19-39(30-31)41(36-17-9-4-10-18-36)38-28-24-33(25-29-38)21-20-32-22-26-37(27-23-32)40(34-13-5-2-6-14-34)35-15-7-3-8-16-35/h2-30H,1H3/b21-20+. The van der Waals surface area contributed by atoms with Crippen LogP contribution in [0.3, 0.4) is 0 Å². The van der Waals surface area contributed by atoms with Crippen LogP contribution in [0.1, 0.15) is 16.7 Å². The highest BCUT2D eigenvalue weighted by Gasteiger charge is 2.13. The molecule has 0 unspecified atom stereocenters. The van der Waals surface area contributed by atoms with Gasteiger partial charge in [0.05, 0.1) is 0 Å². The van der Waals surface area contributed by atoms with E-state index in [2.05, 4.69) is 193 Å². The molecule has 6 aromatic carbocycles. The van der Waals surface area contributed by atoms with Gasteiger partial charge < -0.3 is 9.80 Å². The fraction of sp³-hybridized carbons (Fsp3) is 0.0256. The van der Waals surface area contributed by atoms with Crippen LogP contribution in [0.25, 0.3) is 12.2 Å². The van der Waals surface area contributed by atoms with Crippen LogP contribution in [0, 0.1) is 6.92 Å². The Morgan fingerprint density at radius 1 is 0.341 bits per heavy atom. The minimum Gasteiger partial charge on any atom is -0.311 e. The lowest BCUT2D eigenvalue weighted by atomic mass is 10.1. The maximum atomic E-state index is 2.30. The van der Waals surface area contributed by atoms with E-state index in [-0.39, 0.29) is 0 Å². The van der Waals surface area contributed by atoms with E-state index >= 15 is 0 Å². The second-order valence-corrected chi connectivity index (χ2v) is 10.0. The molecule has 41 heavy (non-hydrogen) atoms. The van der Waals surface area contributed by atoms with E-state index in [0.717, 1.165) is 45.3 Å². The highest BCUT2D eigenvalue weighted by molar-refractivity contribution is 5.80. The van der Waals surface area contributed by atoms with E-state index in [9.17, 15) is 0 Å². The van der Waals surface area contributed by atoms with Crippen LogP contribution >= 0.6 is 0 Å². The van der Waals surface area contributed by atoms with Crippen LogP contribution in [-0.4, -0.2) is 0 Å². The molecular formula is C39H32N2. The van der Waals surface area contributed by atoms with Crippen molar-refractivity contribution in [2.24, 2.45) is 0 Å². The third-order valence-electron chi connectivity index (χ3n) is 7.07. The van der Waals surface area contributed by atoms with Crippen molar-refractivity contribution in [1.82, 2.24) is 0 Å². The highest BCUT2D eigenvalue weighted by atomic mass is 15.1. The third-order valence-corrected chi connectivity index (χ3v) is 7.07. The molecule has 0 atom stereocenters. The van der Waals surface area contributed by atoms with Gasteiger partial charge in [-0.1, -0.05) is 103 Å². The largest absolute Gasteiger partial charge is 0.311 e. The van der Waals surface area contributed by atoms with Crippen LogP contribution in [0.5, 0.6) is 0 Å². The van der Waals surface area contributed by atoms with Gasteiger partial charge in [-0.3, -0.25) is 0 Å². The van der Waals surface area contributed by atoms with Gasteiger partial charge in [-0.25, -0.2) is 0 Å². The van der Waals surface area contributed by atoms with E-state index in [0.29, 0.717) is 0 Å². The molecule has 6 aromatic rings. The highest BCUT2D eigenvalue weighted by Crippen LogP contribution is 2.36. The summed E-state index contributed by atoms with van der Waals surface area (Å²) in [4.78, 5) is 4.57. The van der Waals surface area contributed by atoms with Gasteiger partial charge in [0.15, 0.2) is 0 Å². The number of aryl methyl sites for hydroxylation is 1. The van der Waals surface area contributed by atoms with Crippen molar-refractivity contribution in [2.75, 3.05) is 9.80 Å². The Labute approximate surface area is 243 Å². The molecule has 0 saturated carbocycles. The van der Waals surface area contributed by atoms with Crippen molar-refractivity contribution < 1.29 is 0 Å². The number of rotatable bonds is 8. The molecule has 6 rings (SSSR count). The third kappa shape index (κ3) is 6.13. The average molecular weight is 529 g/mol. The topological polar surface area (TPSA) is 6.48 Å². The van der Waals surface area contributed by atoms with Gasteiger partial charge in [-0.2, -0.15) is 0 Å². The fourth-order valence-corrected chi connectivity index (χ4v) is 5.05. The zero-order valence-corrected chi connectivity index (χ0v) is 23.1. The molecule has 0 radical (unpaired) electrons. The van der Waals surface area contributed by atoms with E-state index in [1.54, 1.807) is 0 Å². The summed E-state index contributed by atoms with van der Waals surface area (Å²) in [6.07, 6.45) is 4.34. The van der Waals surface area contributed by atoms with Crippen LogP contribution < -0.4 is 9.80 Å². The summed E-state index contributed by atoms with van der Waals surface area (Å²) in [6.45, 7) is 2.13. The van der Waals surface area contributed by atoms with Crippen LogP contribution in [0.2, 0.25) is 0 Å². The molecule has 0 spiro atoms. The molecule has 0 amide bonds. The quantitative estimate of drug-likeness (QED) is 0.181. The Morgan fingerprint density at radius 3 is 1.07 bits per heavy atom. The van der Waals surface area contributed by atoms with Crippen LogP contribution in [-0.2, 0) is 0 Å². The number of benzene rings is 6. The van der Waals surface area contributed by atoms with Crippen molar-refractivity contribution in [2.45, 2.75) is 6.92 Å². The molecule has 2 nitrogen and oxygen atoms in total. The second-order valence-electron chi connectivity index (χ2n) is 10.0. The summed E-state index contributed by atoms with van der Waals surface area (Å²) in [7, 11) is 0. The van der Waals surface area contributed by atoms with E-state index < -0.39 is 0 Å². The number of nitrogens with zero attached hydrogens (tertiary/aromatic N) is 2.